The van der Waals surface area contributed by atoms with Crippen LogP contribution in [0.2, 0.25) is 0 Å². The number of carbonyl (C=O) groups excluding carboxylic acids is 1. The van der Waals surface area contributed by atoms with E-state index in [0.717, 1.165) is 24.8 Å². The minimum Gasteiger partial charge on any atom is -0.480 e. The topological polar surface area (TPSA) is 86.6 Å². The van der Waals surface area contributed by atoms with E-state index in [1.165, 1.54) is 0 Å². The molecule has 1 aliphatic carbocycles. The molecule has 5 nitrogen and oxygen atoms in total. The monoisotopic (exact) mass is 277 g/mol. The summed E-state index contributed by atoms with van der Waals surface area (Å²) < 4.78 is 0. The van der Waals surface area contributed by atoms with Crippen LogP contribution in [0.25, 0.3) is 0 Å². The Balaban J connectivity index is 2.16. The van der Waals surface area contributed by atoms with E-state index in [2.05, 4.69) is 5.32 Å². The lowest BCUT2D eigenvalue weighted by atomic mass is 9.63. The lowest BCUT2D eigenvalue weighted by Crippen LogP contribution is -2.54. The van der Waals surface area contributed by atoms with Crippen LogP contribution in [0.4, 0.5) is 0 Å². The van der Waals surface area contributed by atoms with Crippen LogP contribution < -0.4 is 5.32 Å². The van der Waals surface area contributed by atoms with Crippen molar-refractivity contribution >= 4 is 11.9 Å². The molecule has 5 heteroatoms. The summed E-state index contributed by atoms with van der Waals surface area (Å²) in [5.74, 6) is -1.37. The molecular formula is C15H19NO4. The highest BCUT2D eigenvalue weighted by Gasteiger charge is 2.46. The Bertz CT molecular complexity index is 482. The molecule has 0 spiro atoms. The molecule has 0 heterocycles. The molecule has 2 rings (SSSR count). The predicted octanol–water partition coefficient (Wildman–Crippen LogP) is 1.06. The molecule has 0 bridgehead atoms. The van der Waals surface area contributed by atoms with Gasteiger partial charge in [0.15, 0.2) is 0 Å². The number of aliphatic carboxylic acids is 1. The maximum absolute atomic E-state index is 12.5. The molecule has 0 saturated heterocycles. The van der Waals surface area contributed by atoms with Crippen LogP contribution in [0.15, 0.2) is 30.3 Å². The Morgan fingerprint density at radius 1 is 1.25 bits per heavy atom. The summed E-state index contributed by atoms with van der Waals surface area (Å²) in [5, 5.41) is 20.5. The number of amides is 1. The summed E-state index contributed by atoms with van der Waals surface area (Å²) in [6, 6.07) is 8.42. The summed E-state index contributed by atoms with van der Waals surface area (Å²) >= 11 is 0. The van der Waals surface area contributed by atoms with Crippen LogP contribution in [0, 0.1) is 0 Å². The average molecular weight is 277 g/mol. The van der Waals surface area contributed by atoms with Crippen molar-refractivity contribution in [2.45, 2.75) is 37.1 Å². The third kappa shape index (κ3) is 2.67. The number of nitrogens with one attached hydrogen (secondary N) is 1. The molecule has 1 aromatic carbocycles. The smallest absolute Gasteiger partial charge is 0.326 e. The lowest BCUT2D eigenvalue weighted by molar-refractivity contribution is -0.144. The molecule has 1 aromatic rings. The van der Waals surface area contributed by atoms with Crippen molar-refractivity contribution in [3.05, 3.63) is 35.9 Å². The van der Waals surface area contributed by atoms with Crippen LogP contribution in [-0.4, -0.2) is 34.7 Å². The van der Waals surface area contributed by atoms with E-state index in [0.29, 0.717) is 0 Å². The summed E-state index contributed by atoms with van der Waals surface area (Å²) in [6.07, 6.45) is 2.44. The van der Waals surface area contributed by atoms with Crippen molar-refractivity contribution in [3.63, 3.8) is 0 Å². The van der Waals surface area contributed by atoms with E-state index in [1.807, 2.05) is 30.3 Å². The SMILES string of the molecule is O=C(O)[C@H](CCO)NC(=O)C1(c2ccccc2)CCC1. The van der Waals surface area contributed by atoms with Crippen LogP contribution in [0.3, 0.4) is 0 Å². The van der Waals surface area contributed by atoms with Gasteiger partial charge in [0.05, 0.1) is 5.41 Å². The standard InChI is InChI=1S/C15H19NO4/c17-10-7-12(13(18)19)16-14(20)15(8-4-9-15)11-5-2-1-3-6-11/h1-3,5-6,12,17H,4,7-10H2,(H,16,20)(H,18,19)/t12-/m0/s1. The van der Waals surface area contributed by atoms with Gasteiger partial charge in [0.1, 0.15) is 6.04 Å². The minimum absolute atomic E-state index is 0.0198. The van der Waals surface area contributed by atoms with Gasteiger partial charge < -0.3 is 15.5 Å². The highest BCUT2D eigenvalue weighted by atomic mass is 16.4. The molecule has 1 fully saturated rings. The van der Waals surface area contributed by atoms with Crippen molar-refractivity contribution < 1.29 is 19.8 Å². The second kappa shape index (κ2) is 6.05. The van der Waals surface area contributed by atoms with Gasteiger partial charge in [-0.2, -0.15) is 0 Å². The highest BCUT2D eigenvalue weighted by Crippen LogP contribution is 2.43. The fourth-order valence-corrected chi connectivity index (χ4v) is 2.62. The average Bonchev–Trinajstić information content (AvgIpc) is 2.38. The third-order valence-corrected chi connectivity index (χ3v) is 3.99. The number of carbonyl (C=O) groups is 2. The van der Waals surface area contributed by atoms with Crippen LogP contribution >= 0.6 is 0 Å². The van der Waals surface area contributed by atoms with Gasteiger partial charge >= 0.3 is 5.97 Å². The van der Waals surface area contributed by atoms with E-state index >= 15 is 0 Å². The fourth-order valence-electron chi connectivity index (χ4n) is 2.62. The first-order valence-electron chi connectivity index (χ1n) is 6.80. The molecule has 1 aliphatic rings. The number of hydrogen-bond donors (Lipinski definition) is 3. The summed E-state index contributed by atoms with van der Waals surface area (Å²) in [6.45, 7) is -0.268. The first kappa shape index (κ1) is 14.5. The minimum atomic E-state index is -1.12. The largest absolute Gasteiger partial charge is 0.480 e. The zero-order valence-electron chi connectivity index (χ0n) is 11.2. The van der Waals surface area contributed by atoms with E-state index in [9.17, 15) is 9.59 Å². The van der Waals surface area contributed by atoms with Crippen LogP contribution in [0.5, 0.6) is 0 Å². The lowest BCUT2D eigenvalue weighted by Gasteiger charge is -2.41. The van der Waals surface area contributed by atoms with Gasteiger partial charge in [0.2, 0.25) is 5.91 Å². The Hall–Kier alpha value is -1.88. The first-order chi connectivity index (χ1) is 9.60. The normalized spacial score (nSPS) is 17.9. The molecule has 0 aliphatic heterocycles. The number of benzene rings is 1. The van der Waals surface area contributed by atoms with Crippen molar-refractivity contribution in [2.75, 3.05) is 6.61 Å². The fraction of sp³-hybridized carbons (Fsp3) is 0.467. The van der Waals surface area contributed by atoms with Crippen molar-refractivity contribution in [1.29, 1.82) is 0 Å². The molecule has 0 unspecified atom stereocenters. The van der Waals surface area contributed by atoms with Crippen LogP contribution in [0.1, 0.15) is 31.2 Å². The molecule has 0 aromatic heterocycles. The predicted molar refractivity (Wildman–Crippen MR) is 73.2 cm³/mol. The summed E-state index contributed by atoms with van der Waals surface area (Å²) in [7, 11) is 0. The number of aliphatic hydroxyl groups is 1. The second-order valence-corrected chi connectivity index (χ2v) is 5.18. The van der Waals surface area contributed by atoms with Crippen molar-refractivity contribution in [2.24, 2.45) is 0 Å². The molecular weight excluding hydrogens is 258 g/mol. The zero-order chi connectivity index (χ0) is 14.6. The Morgan fingerprint density at radius 2 is 1.90 bits per heavy atom. The van der Waals surface area contributed by atoms with E-state index in [-0.39, 0.29) is 18.9 Å². The van der Waals surface area contributed by atoms with Gasteiger partial charge in [-0.1, -0.05) is 36.8 Å². The van der Waals surface area contributed by atoms with Crippen molar-refractivity contribution in [3.8, 4) is 0 Å². The number of carboxylic acids is 1. The quantitative estimate of drug-likeness (QED) is 0.725. The maximum Gasteiger partial charge on any atom is 0.326 e. The van der Waals surface area contributed by atoms with Gasteiger partial charge in [0.25, 0.3) is 0 Å². The van der Waals surface area contributed by atoms with Crippen LogP contribution in [-0.2, 0) is 15.0 Å². The molecule has 3 N–H and O–H groups in total. The van der Waals surface area contributed by atoms with E-state index in [1.54, 1.807) is 0 Å². The van der Waals surface area contributed by atoms with Gasteiger partial charge in [-0.05, 0) is 18.4 Å². The maximum atomic E-state index is 12.5. The van der Waals surface area contributed by atoms with Gasteiger partial charge in [0, 0.05) is 13.0 Å². The molecule has 0 radical (unpaired) electrons. The summed E-state index contributed by atoms with van der Waals surface area (Å²) in [4.78, 5) is 23.6. The third-order valence-electron chi connectivity index (χ3n) is 3.99. The molecule has 1 amide bonds. The van der Waals surface area contributed by atoms with E-state index < -0.39 is 17.4 Å². The van der Waals surface area contributed by atoms with Gasteiger partial charge in [-0.3, -0.25) is 4.79 Å². The molecule has 1 atom stereocenters. The Morgan fingerprint density at radius 3 is 2.35 bits per heavy atom. The Kier molecular flexibility index (Phi) is 4.39. The first-order valence-corrected chi connectivity index (χ1v) is 6.80. The molecule has 108 valence electrons. The van der Waals surface area contributed by atoms with Gasteiger partial charge in [-0.25, -0.2) is 4.79 Å². The molecule has 1 saturated carbocycles. The number of carboxylic acid groups (broad SMARTS) is 1. The Labute approximate surface area is 117 Å². The van der Waals surface area contributed by atoms with Gasteiger partial charge in [-0.15, -0.1) is 0 Å². The second-order valence-electron chi connectivity index (χ2n) is 5.18. The molecule has 20 heavy (non-hydrogen) atoms. The number of aliphatic hydroxyl groups excluding tert-OH is 1. The highest BCUT2D eigenvalue weighted by molar-refractivity contribution is 5.92. The number of rotatable bonds is 6. The zero-order valence-corrected chi connectivity index (χ0v) is 11.2. The number of hydrogen-bond acceptors (Lipinski definition) is 3. The van der Waals surface area contributed by atoms with E-state index in [4.69, 9.17) is 10.2 Å². The van der Waals surface area contributed by atoms with Crippen molar-refractivity contribution in [1.82, 2.24) is 5.32 Å². The summed E-state index contributed by atoms with van der Waals surface area (Å²) in [5.41, 5.74) is 0.321.